The van der Waals surface area contributed by atoms with Gasteiger partial charge in [-0.3, -0.25) is 4.99 Å². The van der Waals surface area contributed by atoms with Crippen molar-refractivity contribution in [1.82, 2.24) is 10.6 Å². The Balaban J connectivity index is 1.49. The fraction of sp³-hybridized carbons (Fsp3) is 0.947. The summed E-state index contributed by atoms with van der Waals surface area (Å²) in [6, 6.07) is 0. The van der Waals surface area contributed by atoms with Crippen LogP contribution in [0.4, 0.5) is 0 Å². The van der Waals surface area contributed by atoms with E-state index in [2.05, 4.69) is 22.5 Å². The van der Waals surface area contributed by atoms with E-state index in [0.717, 1.165) is 58.1 Å². The van der Waals surface area contributed by atoms with E-state index in [9.17, 15) is 0 Å². The molecule has 0 bridgehead atoms. The first-order chi connectivity index (χ1) is 12.4. The van der Waals surface area contributed by atoms with Crippen LogP contribution in [0.15, 0.2) is 4.99 Å². The van der Waals surface area contributed by atoms with Crippen LogP contribution in [0, 0.1) is 0 Å². The van der Waals surface area contributed by atoms with Gasteiger partial charge in [-0.2, -0.15) is 0 Å². The first kappa shape index (κ1) is 20.5. The second-order valence-electron chi connectivity index (χ2n) is 6.88. The van der Waals surface area contributed by atoms with E-state index in [1.165, 1.54) is 32.1 Å². The zero-order chi connectivity index (χ0) is 17.6. The molecule has 1 saturated heterocycles. The number of guanidine groups is 1. The Labute approximate surface area is 153 Å². The van der Waals surface area contributed by atoms with Crippen LogP contribution in [0.2, 0.25) is 0 Å². The average Bonchev–Trinajstić information content (AvgIpc) is 3.15. The number of nitrogens with zero attached hydrogens (tertiary/aromatic N) is 1. The maximum absolute atomic E-state index is 5.94. The van der Waals surface area contributed by atoms with Crippen LogP contribution >= 0.6 is 0 Å². The van der Waals surface area contributed by atoms with Crippen molar-refractivity contribution in [2.45, 2.75) is 70.5 Å². The predicted molar refractivity (Wildman–Crippen MR) is 101 cm³/mol. The molecule has 1 unspecified atom stereocenters. The van der Waals surface area contributed by atoms with Gasteiger partial charge in [0.05, 0.1) is 25.4 Å². The molecule has 25 heavy (non-hydrogen) atoms. The highest BCUT2D eigenvalue weighted by Crippen LogP contribution is 2.20. The summed E-state index contributed by atoms with van der Waals surface area (Å²) in [5, 5.41) is 6.59. The molecule has 2 N–H and O–H groups in total. The molecule has 146 valence electrons. The maximum atomic E-state index is 5.94. The Hall–Kier alpha value is -0.850. The van der Waals surface area contributed by atoms with Crippen LogP contribution < -0.4 is 10.6 Å². The molecule has 1 aliphatic heterocycles. The summed E-state index contributed by atoms with van der Waals surface area (Å²) >= 11 is 0. The average molecular weight is 356 g/mol. The molecule has 0 spiro atoms. The minimum absolute atomic E-state index is 0.297. The molecule has 0 aromatic rings. The second-order valence-corrected chi connectivity index (χ2v) is 6.88. The van der Waals surface area contributed by atoms with E-state index in [1.54, 1.807) is 0 Å². The Morgan fingerprint density at radius 1 is 1.08 bits per heavy atom. The van der Waals surface area contributed by atoms with Crippen molar-refractivity contribution in [3.8, 4) is 0 Å². The summed E-state index contributed by atoms with van der Waals surface area (Å²) in [5.74, 6) is 0.862. The van der Waals surface area contributed by atoms with Gasteiger partial charge in [0.15, 0.2) is 5.96 Å². The third kappa shape index (κ3) is 9.42. The monoisotopic (exact) mass is 355 g/mol. The van der Waals surface area contributed by atoms with Crippen molar-refractivity contribution in [2.24, 2.45) is 4.99 Å². The summed E-state index contributed by atoms with van der Waals surface area (Å²) in [4.78, 5) is 4.61. The molecule has 2 rings (SSSR count). The Bertz CT molecular complexity index is 354. The van der Waals surface area contributed by atoms with Crippen LogP contribution in [0.25, 0.3) is 0 Å². The lowest BCUT2D eigenvalue weighted by atomic mass is 9.98. The highest BCUT2D eigenvalue weighted by molar-refractivity contribution is 5.79. The molecule has 1 aliphatic carbocycles. The minimum Gasteiger partial charge on any atom is -0.378 e. The zero-order valence-corrected chi connectivity index (χ0v) is 15.9. The van der Waals surface area contributed by atoms with Crippen molar-refractivity contribution in [2.75, 3.05) is 46.1 Å². The SMILES string of the molecule is CCNC(=NCCCOC1CCCCC1)NCCOCC1CCCO1. The van der Waals surface area contributed by atoms with Gasteiger partial charge < -0.3 is 24.8 Å². The summed E-state index contributed by atoms with van der Waals surface area (Å²) in [5.41, 5.74) is 0. The molecule has 6 heteroatoms. The van der Waals surface area contributed by atoms with E-state index in [1.807, 2.05) is 0 Å². The standard InChI is InChI=1S/C19H37N3O3/c1-2-20-19(22-12-15-23-16-18-10-6-13-25-18)21-11-7-14-24-17-8-4-3-5-9-17/h17-18H,2-16H2,1H3,(H2,20,21,22). The smallest absolute Gasteiger partial charge is 0.191 e. The van der Waals surface area contributed by atoms with Gasteiger partial charge in [0.2, 0.25) is 0 Å². The van der Waals surface area contributed by atoms with Crippen LogP contribution in [-0.2, 0) is 14.2 Å². The molecule has 1 heterocycles. The van der Waals surface area contributed by atoms with Gasteiger partial charge >= 0.3 is 0 Å². The van der Waals surface area contributed by atoms with Gasteiger partial charge in [-0.25, -0.2) is 0 Å². The van der Waals surface area contributed by atoms with E-state index in [4.69, 9.17) is 14.2 Å². The summed E-state index contributed by atoms with van der Waals surface area (Å²) in [7, 11) is 0. The van der Waals surface area contributed by atoms with Gasteiger partial charge in [0.25, 0.3) is 0 Å². The Kier molecular flexibility index (Phi) is 10.9. The topological polar surface area (TPSA) is 64.1 Å². The van der Waals surface area contributed by atoms with Gasteiger partial charge in [-0.15, -0.1) is 0 Å². The van der Waals surface area contributed by atoms with Crippen molar-refractivity contribution in [3.05, 3.63) is 0 Å². The minimum atomic E-state index is 0.297. The first-order valence-corrected chi connectivity index (χ1v) is 10.2. The number of rotatable bonds is 11. The fourth-order valence-corrected chi connectivity index (χ4v) is 3.31. The van der Waals surface area contributed by atoms with Gasteiger partial charge in [-0.05, 0) is 39.0 Å². The molecule has 0 radical (unpaired) electrons. The quantitative estimate of drug-likeness (QED) is 0.339. The van der Waals surface area contributed by atoms with Crippen LogP contribution in [0.5, 0.6) is 0 Å². The molecule has 2 aliphatic rings. The van der Waals surface area contributed by atoms with Crippen molar-refractivity contribution in [1.29, 1.82) is 0 Å². The summed E-state index contributed by atoms with van der Waals surface area (Å²) in [6.07, 6.45) is 10.5. The molecule has 6 nitrogen and oxygen atoms in total. The highest BCUT2D eigenvalue weighted by Gasteiger charge is 2.15. The van der Waals surface area contributed by atoms with Crippen molar-refractivity contribution < 1.29 is 14.2 Å². The normalized spacial score (nSPS) is 22.3. The zero-order valence-electron chi connectivity index (χ0n) is 15.9. The number of nitrogens with one attached hydrogen (secondary N) is 2. The molecule has 0 aromatic carbocycles. The molecule has 2 fully saturated rings. The lowest BCUT2D eigenvalue weighted by molar-refractivity contribution is 0.0191. The van der Waals surface area contributed by atoms with E-state index in [0.29, 0.717) is 25.4 Å². The molecular formula is C19H37N3O3. The van der Waals surface area contributed by atoms with Crippen LogP contribution in [0.1, 0.15) is 58.3 Å². The van der Waals surface area contributed by atoms with Crippen molar-refractivity contribution in [3.63, 3.8) is 0 Å². The van der Waals surface area contributed by atoms with Gasteiger partial charge in [0.1, 0.15) is 0 Å². The number of hydrogen-bond donors (Lipinski definition) is 2. The lowest BCUT2D eigenvalue weighted by Gasteiger charge is -2.21. The van der Waals surface area contributed by atoms with E-state index in [-0.39, 0.29) is 0 Å². The Morgan fingerprint density at radius 2 is 1.96 bits per heavy atom. The number of hydrogen-bond acceptors (Lipinski definition) is 4. The molecule has 0 aromatic heterocycles. The molecule has 1 atom stereocenters. The number of ether oxygens (including phenoxy) is 3. The molecule has 1 saturated carbocycles. The van der Waals surface area contributed by atoms with Gasteiger partial charge in [0, 0.05) is 32.8 Å². The van der Waals surface area contributed by atoms with E-state index < -0.39 is 0 Å². The highest BCUT2D eigenvalue weighted by atomic mass is 16.5. The summed E-state index contributed by atoms with van der Waals surface area (Å²) < 4.78 is 17.2. The first-order valence-electron chi connectivity index (χ1n) is 10.2. The fourth-order valence-electron chi connectivity index (χ4n) is 3.31. The lowest BCUT2D eigenvalue weighted by Crippen LogP contribution is -2.39. The molecular weight excluding hydrogens is 318 g/mol. The van der Waals surface area contributed by atoms with Gasteiger partial charge in [-0.1, -0.05) is 19.3 Å². The third-order valence-electron chi connectivity index (χ3n) is 4.69. The Morgan fingerprint density at radius 3 is 2.72 bits per heavy atom. The third-order valence-corrected chi connectivity index (χ3v) is 4.69. The predicted octanol–water partition coefficient (Wildman–Crippen LogP) is 2.48. The van der Waals surface area contributed by atoms with Crippen LogP contribution in [-0.4, -0.2) is 64.2 Å². The van der Waals surface area contributed by atoms with Crippen molar-refractivity contribution >= 4 is 5.96 Å². The van der Waals surface area contributed by atoms with E-state index >= 15 is 0 Å². The summed E-state index contributed by atoms with van der Waals surface area (Å²) in [6.45, 7) is 7.57. The van der Waals surface area contributed by atoms with Crippen LogP contribution in [0.3, 0.4) is 0 Å². The molecule has 0 amide bonds. The number of aliphatic imine (C=N–C) groups is 1. The largest absolute Gasteiger partial charge is 0.378 e. The maximum Gasteiger partial charge on any atom is 0.191 e. The second kappa shape index (κ2) is 13.4.